The third-order valence-electron chi connectivity index (χ3n) is 4.92. The van der Waals surface area contributed by atoms with Crippen molar-refractivity contribution >= 4 is 40.0 Å². The summed E-state index contributed by atoms with van der Waals surface area (Å²) in [7, 11) is 0. The molecule has 0 bridgehead atoms. The quantitative estimate of drug-likeness (QED) is 0.536. The topological polar surface area (TPSA) is 70.2 Å². The van der Waals surface area contributed by atoms with Crippen molar-refractivity contribution in [1.29, 1.82) is 0 Å². The van der Waals surface area contributed by atoms with E-state index in [0.717, 1.165) is 58.2 Å². The fraction of sp³-hybridized carbons (Fsp3) is 0.227. The molecular formula is C22H22IN5O. The molecule has 1 aliphatic rings. The average molecular weight is 499 g/mol. The van der Waals surface area contributed by atoms with Crippen molar-refractivity contribution in [1.82, 2.24) is 15.3 Å². The number of nitrogens with zero attached hydrogens (tertiary/aromatic N) is 3. The van der Waals surface area contributed by atoms with Gasteiger partial charge in [0.25, 0.3) is 5.91 Å². The lowest BCUT2D eigenvalue weighted by Gasteiger charge is -2.28. The average Bonchev–Trinajstić information content (AvgIpc) is 2.76. The molecule has 0 atom stereocenters. The number of pyridine rings is 2. The molecular weight excluding hydrogens is 477 g/mol. The molecule has 1 saturated heterocycles. The summed E-state index contributed by atoms with van der Waals surface area (Å²) in [6, 6.07) is 15.5. The molecule has 0 radical (unpaired) electrons. The van der Waals surface area contributed by atoms with Gasteiger partial charge in [0.05, 0.1) is 17.0 Å². The number of hydrogen-bond acceptors (Lipinski definition) is 5. The van der Waals surface area contributed by atoms with Gasteiger partial charge in [0.1, 0.15) is 5.82 Å². The van der Waals surface area contributed by atoms with Gasteiger partial charge in [-0.05, 0) is 72.0 Å². The summed E-state index contributed by atoms with van der Waals surface area (Å²) in [6.07, 6.45) is 1.77. The third kappa shape index (κ3) is 4.56. The number of carbonyl (C=O) groups is 1. The van der Waals surface area contributed by atoms with Gasteiger partial charge >= 0.3 is 0 Å². The lowest BCUT2D eigenvalue weighted by Crippen LogP contribution is -2.44. The highest BCUT2D eigenvalue weighted by molar-refractivity contribution is 14.1. The van der Waals surface area contributed by atoms with Crippen molar-refractivity contribution in [2.75, 3.05) is 36.4 Å². The van der Waals surface area contributed by atoms with Crippen LogP contribution in [0.2, 0.25) is 0 Å². The summed E-state index contributed by atoms with van der Waals surface area (Å²) in [5.41, 5.74) is 3.93. The molecule has 0 unspecified atom stereocenters. The maximum Gasteiger partial charge on any atom is 0.257 e. The first-order valence-corrected chi connectivity index (χ1v) is 10.7. The molecule has 2 N–H and O–H groups in total. The molecule has 2 aromatic heterocycles. The molecule has 1 aromatic carbocycles. The van der Waals surface area contributed by atoms with Crippen LogP contribution in [0.3, 0.4) is 0 Å². The Hall–Kier alpha value is -2.52. The molecule has 1 fully saturated rings. The molecule has 1 aliphatic heterocycles. The molecule has 29 heavy (non-hydrogen) atoms. The normalized spacial score (nSPS) is 13.9. The zero-order chi connectivity index (χ0) is 20.2. The van der Waals surface area contributed by atoms with E-state index in [4.69, 9.17) is 0 Å². The number of piperazine rings is 1. The minimum absolute atomic E-state index is 0.157. The van der Waals surface area contributed by atoms with E-state index in [-0.39, 0.29) is 5.91 Å². The molecule has 3 aromatic rings. The van der Waals surface area contributed by atoms with Crippen molar-refractivity contribution in [3.63, 3.8) is 0 Å². The summed E-state index contributed by atoms with van der Waals surface area (Å²) in [5, 5.41) is 6.34. The smallest absolute Gasteiger partial charge is 0.257 e. The number of halogens is 1. The zero-order valence-electron chi connectivity index (χ0n) is 16.2. The van der Waals surface area contributed by atoms with Gasteiger partial charge < -0.3 is 15.5 Å². The SMILES string of the molecule is Cc1nc(N2CCNCC2)ccc1C(=O)Nc1ccc(I)c(-c2ccccn2)c1. The predicted molar refractivity (Wildman–Crippen MR) is 124 cm³/mol. The Kier molecular flexibility index (Phi) is 6.05. The summed E-state index contributed by atoms with van der Waals surface area (Å²) < 4.78 is 1.08. The van der Waals surface area contributed by atoms with Crippen LogP contribution >= 0.6 is 22.6 Å². The van der Waals surface area contributed by atoms with E-state index >= 15 is 0 Å². The second-order valence-electron chi connectivity index (χ2n) is 6.90. The molecule has 7 heteroatoms. The van der Waals surface area contributed by atoms with Crippen molar-refractivity contribution < 1.29 is 4.79 Å². The molecule has 0 aliphatic carbocycles. The van der Waals surface area contributed by atoms with Crippen molar-refractivity contribution in [2.45, 2.75) is 6.92 Å². The first-order valence-electron chi connectivity index (χ1n) is 9.57. The molecule has 0 saturated carbocycles. The van der Waals surface area contributed by atoms with E-state index in [2.05, 4.69) is 48.1 Å². The van der Waals surface area contributed by atoms with Crippen LogP contribution in [-0.2, 0) is 0 Å². The van der Waals surface area contributed by atoms with Crippen molar-refractivity contribution in [3.05, 3.63) is 69.6 Å². The van der Waals surface area contributed by atoms with Crippen molar-refractivity contribution in [3.8, 4) is 11.3 Å². The zero-order valence-corrected chi connectivity index (χ0v) is 18.3. The number of hydrogen-bond donors (Lipinski definition) is 2. The number of rotatable bonds is 4. The lowest BCUT2D eigenvalue weighted by molar-refractivity contribution is 0.102. The Labute approximate surface area is 183 Å². The highest BCUT2D eigenvalue weighted by Crippen LogP contribution is 2.27. The first-order chi connectivity index (χ1) is 14.1. The molecule has 6 nitrogen and oxygen atoms in total. The number of carbonyl (C=O) groups excluding carboxylic acids is 1. The van der Waals surface area contributed by atoms with Crippen LogP contribution in [0.5, 0.6) is 0 Å². The molecule has 0 spiro atoms. The van der Waals surface area contributed by atoms with Crippen LogP contribution in [0.4, 0.5) is 11.5 Å². The van der Waals surface area contributed by atoms with E-state index in [1.54, 1.807) is 6.20 Å². The highest BCUT2D eigenvalue weighted by Gasteiger charge is 2.16. The van der Waals surface area contributed by atoms with Gasteiger partial charge in [-0.3, -0.25) is 9.78 Å². The van der Waals surface area contributed by atoms with E-state index in [1.807, 2.05) is 55.5 Å². The second kappa shape index (κ2) is 8.87. The Bertz CT molecular complexity index is 1020. The van der Waals surface area contributed by atoms with Crippen LogP contribution in [-0.4, -0.2) is 42.1 Å². The monoisotopic (exact) mass is 499 g/mol. The number of benzene rings is 1. The van der Waals surface area contributed by atoms with Crippen LogP contribution < -0.4 is 15.5 Å². The Morgan fingerprint density at radius 1 is 1.14 bits per heavy atom. The Morgan fingerprint density at radius 3 is 2.69 bits per heavy atom. The van der Waals surface area contributed by atoms with Gasteiger partial charge in [-0.2, -0.15) is 0 Å². The van der Waals surface area contributed by atoms with Gasteiger partial charge in [0, 0.05) is 47.2 Å². The van der Waals surface area contributed by atoms with Crippen LogP contribution in [0.1, 0.15) is 16.1 Å². The fourth-order valence-corrected chi connectivity index (χ4v) is 3.99. The van der Waals surface area contributed by atoms with Gasteiger partial charge in [-0.15, -0.1) is 0 Å². The van der Waals surface area contributed by atoms with Crippen LogP contribution in [0.15, 0.2) is 54.7 Å². The van der Waals surface area contributed by atoms with Gasteiger partial charge in [-0.1, -0.05) is 6.07 Å². The maximum absolute atomic E-state index is 12.9. The first kappa shape index (κ1) is 19.8. The largest absolute Gasteiger partial charge is 0.354 e. The fourth-order valence-electron chi connectivity index (χ4n) is 3.38. The van der Waals surface area contributed by atoms with Gasteiger partial charge in [0.15, 0.2) is 0 Å². The van der Waals surface area contributed by atoms with Crippen LogP contribution in [0.25, 0.3) is 11.3 Å². The number of amides is 1. The van der Waals surface area contributed by atoms with Gasteiger partial charge in [0.2, 0.25) is 0 Å². The van der Waals surface area contributed by atoms with E-state index < -0.39 is 0 Å². The van der Waals surface area contributed by atoms with Gasteiger partial charge in [-0.25, -0.2) is 4.98 Å². The third-order valence-corrected chi connectivity index (χ3v) is 5.86. The molecule has 148 valence electrons. The summed E-state index contributed by atoms with van der Waals surface area (Å²) in [4.78, 5) is 24.2. The minimum atomic E-state index is -0.157. The second-order valence-corrected chi connectivity index (χ2v) is 8.07. The van der Waals surface area contributed by atoms with E-state index in [1.165, 1.54) is 0 Å². The lowest BCUT2D eigenvalue weighted by atomic mass is 10.1. The summed E-state index contributed by atoms with van der Waals surface area (Å²) >= 11 is 2.28. The summed E-state index contributed by atoms with van der Waals surface area (Å²) in [6.45, 7) is 5.64. The van der Waals surface area contributed by atoms with E-state index in [0.29, 0.717) is 5.56 Å². The molecule has 4 rings (SSSR count). The maximum atomic E-state index is 12.9. The number of nitrogens with one attached hydrogen (secondary N) is 2. The van der Waals surface area contributed by atoms with E-state index in [9.17, 15) is 4.79 Å². The predicted octanol–water partition coefficient (Wildman–Crippen LogP) is 3.72. The van der Waals surface area contributed by atoms with Crippen molar-refractivity contribution in [2.24, 2.45) is 0 Å². The standard InChI is InChI=1S/C22H22IN5O/c1-15-17(6-8-21(26-15)28-12-10-24-11-13-28)22(29)27-16-5-7-19(23)18(14-16)20-4-2-3-9-25-20/h2-9,14,24H,10-13H2,1H3,(H,27,29). The minimum Gasteiger partial charge on any atom is -0.354 e. The molecule has 3 heterocycles. The van der Waals surface area contributed by atoms with Crippen LogP contribution in [0, 0.1) is 10.5 Å². The highest BCUT2D eigenvalue weighted by atomic mass is 127. The molecule has 1 amide bonds. The number of aromatic nitrogens is 2. The summed E-state index contributed by atoms with van der Waals surface area (Å²) in [5.74, 6) is 0.766. The Morgan fingerprint density at radius 2 is 1.97 bits per heavy atom. The number of anilines is 2. The Balaban J connectivity index is 1.54. The number of aryl methyl sites for hydroxylation is 1.